The summed E-state index contributed by atoms with van der Waals surface area (Å²) in [6.45, 7) is 19.8. The first-order chi connectivity index (χ1) is 10.6. The Kier molecular flexibility index (Phi) is 36.1. The number of esters is 1. The second-order valence-electron chi connectivity index (χ2n) is 3.33. The van der Waals surface area contributed by atoms with Gasteiger partial charge in [-0.2, -0.15) is 0 Å². The zero-order chi connectivity index (χ0) is 18.4. The number of carbonyl (C=O) groups is 2. The molecule has 0 aliphatic heterocycles. The predicted octanol–water partition coefficient (Wildman–Crippen LogP) is 4.71. The quantitative estimate of drug-likeness (QED) is 0.419. The van der Waals surface area contributed by atoms with E-state index in [1.54, 1.807) is 6.92 Å². The maximum atomic E-state index is 11.0. The van der Waals surface area contributed by atoms with Crippen LogP contribution < -0.4 is 5.32 Å². The number of hydrogen-bond acceptors (Lipinski definition) is 4. The normalized spacial score (nSPS) is 7.64. The van der Waals surface area contributed by atoms with Crippen molar-refractivity contribution in [2.24, 2.45) is 0 Å². The molecule has 5 heteroatoms. The standard InChI is InChI=1S/C11H19NO4.3C2H6/c1-4-5-7-16-11(14)12-6-8-15-10(13)9(2)3;3*1-2/h2,4-8H2,1,3H3,(H,12,14);3*1-2H3. The molecule has 0 bridgehead atoms. The lowest BCUT2D eigenvalue weighted by molar-refractivity contribution is -0.138. The topological polar surface area (TPSA) is 64.6 Å². The molecule has 0 saturated carbocycles. The second-order valence-corrected chi connectivity index (χ2v) is 3.33. The Morgan fingerprint density at radius 1 is 0.955 bits per heavy atom. The smallest absolute Gasteiger partial charge is 0.407 e. The fourth-order valence-corrected chi connectivity index (χ4v) is 0.780. The first kappa shape index (κ1) is 28.6. The summed E-state index contributed by atoms with van der Waals surface area (Å²) in [5.41, 5.74) is 0.338. The molecule has 0 spiro atoms. The molecule has 0 unspecified atom stereocenters. The molecule has 0 saturated heterocycles. The molecule has 0 aliphatic carbocycles. The molecule has 0 radical (unpaired) electrons. The largest absolute Gasteiger partial charge is 0.460 e. The molecule has 0 aliphatic rings. The van der Waals surface area contributed by atoms with Crippen molar-refractivity contribution in [3.63, 3.8) is 0 Å². The van der Waals surface area contributed by atoms with Crippen LogP contribution in [0.5, 0.6) is 0 Å². The SMILES string of the molecule is C=C(C)C(=O)OCCNC(=O)OCCCC.CC.CC.CC. The van der Waals surface area contributed by atoms with E-state index in [1.807, 2.05) is 48.5 Å². The summed E-state index contributed by atoms with van der Waals surface area (Å²) in [7, 11) is 0. The van der Waals surface area contributed by atoms with Crippen LogP contribution in [0.4, 0.5) is 4.79 Å². The molecule has 0 aromatic carbocycles. The third-order valence-corrected chi connectivity index (χ3v) is 1.68. The van der Waals surface area contributed by atoms with Gasteiger partial charge in [-0.25, -0.2) is 9.59 Å². The Labute approximate surface area is 137 Å². The van der Waals surface area contributed by atoms with Gasteiger partial charge in [-0.15, -0.1) is 0 Å². The Hall–Kier alpha value is -1.52. The average Bonchev–Trinajstić information content (AvgIpc) is 2.57. The van der Waals surface area contributed by atoms with Crippen molar-refractivity contribution in [3.05, 3.63) is 12.2 Å². The van der Waals surface area contributed by atoms with Crippen LogP contribution in [0, 0.1) is 0 Å². The van der Waals surface area contributed by atoms with Gasteiger partial charge in [0.1, 0.15) is 6.61 Å². The molecule has 0 atom stereocenters. The molecule has 22 heavy (non-hydrogen) atoms. The van der Waals surface area contributed by atoms with Crippen LogP contribution in [0.2, 0.25) is 0 Å². The average molecular weight is 319 g/mol. The zero-order valence-corrected chi connectivity index (χ0v) is 15.9. The monoisotopic (exact) mass is 319 g/mol. The van der Waals surface area contributed by atoms with E-state index in [2.05, 4.69) is 11.9 Å². The summed E-state index contributed by atoms with van der Waals surface area (Å²) in [6, 6.07) is 0. The Bertz CT molecular complexity index is 253. The molecule has 0 fully saturated rings. The third-order valence-electron chi connectivity index (χ3n) is 1.68. The van der Waals surface area contributed by atoms with Crippen molar-refractivity contribution >= 4 is 12.1 Å². The molecule has 5 nitrogen and oxygen atoms in total. The minimum atomic E-state index is -0.486. The van der Waals surface area contributed by atoms with Crippen molar-refractivity contribution in [1.82, 2.24) is 5.32 Å². The predicted molar refractivity (Wildman–Crippen MR) is 94.1 cm³/mol. The van der Waals surface area contributed by atoms with Crippen LogP contribution in [0.15, 0.2) is 12.2 Å². The van der Waals surface area contributed by atoms with Gasteiger partial charge in [0.2, 0.25) is 0 Å². The second kappa shape index (κ2) is 27.8. The maximum Gasteiger partial charge on any atom is 0.407 e. The zero-order valence-electron chi connectivity index (χ0n) is 15.9. The molecule has 0 heterocycles. The minimum Gasteiger partial charge on any atom is -0.460 e. The van der Waals surface area contributed by atoms with Crippen molar-refractivity contribution in [2.45, 2.75) is 68.2 Å². The molecule has 1 amide bonds. The number of ether oxygens (including phenoxy) is 2. The van der Waals surface area contributed by atoms with Crippen LogP contribution in [0.1, 0.15) is 68.2 Å². The minimum absolute atomic E-state index is 0.120. The highest BCUT2D eigenvalue weighted by Gasteiger charge is 2.04. The Morgan fingerprint density at radius 2 is 1.45 bits per heavy atom. The number of carbonyl (C=O) groups excluding carboxylic acids is 2. The van der Waals surface area contributed by atoms with E-state index in [4.69, 9.17) is 9.47 Å². The van der Waals surface area contributed by atoms with Crippen molar-refractivity contribution in [3.8, 4) is 0 Å². The van der Waals surface area contributed by atoms with Gasteiger partial charge < -0.3 is 14.8 Å². The van der Waals surface area contributed by atoms with E-state index in [0.717, 1.165) is 12.8 Å². The molecule has 0 rings (SSSR count). The first-order valence-electron chi connectivity index (χ1n) is 8.31. The van der Waals surface area contributed by atoms with Gasteiger partial charge in [0.15, 0.2) is 0 Å². The van der Waals surface area contributed by atoms with Gasteiger partial charge in [-0.1, -0.05) is 61.5 Å². The molecule has 1 N–H and O–H groups in total. The van der Waals surface area contributed by atoms with Crippen LogP contribution in [-0.4, -0.2) is 31.8 Å². The number of alkyl carbamates (subject to hydrolysis) is 1. The highest BCUT2D eigenvalue weighted by atomic mass is 16.6. The van der Waals surface area contributed by atoms with E-state index >= 15 is 0 Å². The van der Waals surface area contributed by atoms with Gasteiger partial charge in [0, 0.05) is 5.57 Å². The number of unbranched alkanes of at least 4 members (excludes halogenated alkanes) is 1. The molecular weight excluding hydrogens is 282 g/mol. The first-order valence-corrected chi connectivity index (χ1v) is 8.31. The van der Waals surface area contributed by atoms with Crippen LogP contribution in [-0.2, 0) is 14.3 Å². The Morgan fingerprint density at radius 3 is 1.86 bits per heavy atom. The van der Waals surface area contributed by atoms with Gasteiger partial charge in [0.25, 0.3) is 0 Å². The van der Waals surface area contributed by atoms with Gasteiger partial charge in [0.05, 0.1) is 13.2 Å². The summed E-state index contributed by atoms with van der Waals surface area (Å²) in [5, 5.41) is 2.47. The summed E-state index contributed by atoms with van der Waals surface area (Å²) in [6.07, 6.45) is 1.33. The van der Waals surface area contributed by atoms with Gasteiger partial charge in [-0.3, -0.25) is 0 Å². The summed E-state index contributed by atoms with van der Waals surface area (Å²) in [5.74, 6) is -0.457. The number of nitrogens with one attached hydrogen (secondary N) is 1. The molecule has 0 aromatic rings. The molecular formula is C17H37NO4. The van der Waals surface area contributed by atoms with Crippen LogP contribution >= 0.6 is 0 Å². The number of hydrogen-bond donors (Lipinski definition) is 1. The van der Waals surface area contributed by atoms with E-state index in [9.17, 15) is 9.59 Å². The van der Waals surface area contributed by atoms with Crippen molar-refractivity contribution in [2.75, 3.05) is 19.8 Å². The fourth-order valence-electron chi connectivity index (χ4n) is 0.780. The van der Waals surface area contributed by atoms with Gasteiger partial charge >= 0.3 is 12.1 Å². The van der Waals surface area contributed by atoms with E-state index < -0.39 is 12.1 Å². The lowest BCUT2D eigenvalue weighted by Crippen LogP contribution is -2.29. The molecule has 0 aromatic heterocycles. The highest BCUT2D eigenvalue weighted by Crippen LogP contribution is 1.91. The lowest BCUT2D eigenvalue weighted by Gasteiger charge is -2.07. The number of amides is 1. The van der Waals surface area contributed by atoms with Crippen LogP contribution in [0.3, 0.4) is 0 Å². The maximum absolute atomic E-state index is 11.0. The molecule has 134 valence electrons. The van der Waals surface area contributed by atoms with Crippen molar-refractivity contribution < 1.29 is 19.1 Å². The lowest BCUT2D eigenvalue weighted by atomic mass is 10.4. The fraction of sp³-hybridized carbons (Fsp3) is 0.765. The van der Waals surface area contributed by atoms with Gasteiger partial charge in [-0.05, 0) is 13.3 Å². The summed E-state index contributed by atoms with van der Waals surface area (Å²) in [4.78, 5) is 21.9. The number of rotatable bonds is 7. The van der Waals surface area contributed by atoms with E-state index in [0.29, 0.717) is 12.2 Å². The van der Waals surface area contributed by atoms with E-state index in [1.165, 1.54) is 0 Å². The summed E-state index contributed by atoms with van der Waals surface area (Å²) >= 11 is 0. The highest BCUT2D eigenvalue weighted by molar-refractivity contribution is 5.86. The van der Waals surface area contributed by atoms with Crippen molar-refractivity contribution in [1.29, 1.82) is 0 Å². The summed E-state index contributed by atoms with van der Waals surface area (Å²) < 4.78 is 9.60. The van der Waals surface area contributed by atoms with E-state index in [-0.39, 0.29) is 13.2 Å². The third kappa shape index (κ3) is 26.9. The van der Waals surface area contributed by atoms with Crippen LogP contribution in [0.25, 0.3) is 0 Å². The Balaban J connectivity index is -0.000000238.